The number of aromatic nitrogens is 1. The maximum atomic E-state index is 11.3. The second-order valence-corrected chi connectivity index (χ2v) is 3.97. The number of fused-ring (bicyclic) bond motifs is 1. The lowest BCUT2D eigenvalue weighted by Crippen LogP contribution is -2.11. The van der Waals surface area contributed by atoms with Crippen LogP contribution < -0.4 is 5.76 Å². The summed E-state index contributed by atoms with van der Waals surface area (Å²) in [6, 6.07) is 5.70. The number of nitrogens with zero attached hydrogens (tertiary/aromatic N) is 1. The Morgan fingerprint density at radius 2 is 2.31 bits per heavy atom. The average molecular weight is 289 g/mol. The molecule has 0 unspecified atom stereocenters. The third-order valence-electron chi connectivity index (χ3n) is 1.95. The third kappa shape index (κ3) is 1.39. The number of hydrogen-bond acceptors (Lipinski definition) is 2. The summed E-state index contributed by atoms with van der Waals surface area (Å²) < 4.78 is 7.78. The molecule has 0 aliphatic carbocycles. The Kier molecular flexibility index (Phi) is 2.15. The second kappa shape index (κ2) is 3.17. The first-order chi connectivity index (χ1) is 6.22. The zero-order valence-electron chi connectivity index (χ0n) is 7.08. The summed E-state index contributed by atoms with van der Waals surface area (Å²) in [5.74, 6) is -0.278. The minimum atomic E-state index is -0.278. The molecule has 0 aliphatic rings. The van der Waals surface area contributed by atoms with Crippen LogP contribution in [0.5, 0.6) is 0 Å². The molecule has 0 bridgehead atoms. The Morgan fingerprint density at radius 3 is 3.00 bits per heavy atom. The van der Waals surface area contributed by atoms with E-state index in [1.54, 1.807) is 4.57 Å². The van der Waals surface area contributed by atoms with Gasteiger partial charge in [0.1, 0.15) is 0 Å². The molecule has 1 aromatic heterocycles. The van der Waals surface area contributed by atoms with Crippen LogP contribution in [-0.4, -0.2) is 4.57 Å². The summed E-state index contributed by atoms with van der Waals surface area (Å²) in [6.07, 6.45) is 0. The standard InChI is InChI=1S/C9H8INO2/c1-2-11-7-5-6(10)3-4-8(7)13-9(11)12/h3-5H,2H2,1H3. The van der Waals surface area contributed by atoms with E-state index in [2.05, 4.69) is 22.6 Å². The zero-order valence-corrected chi connectivity index (χ0v) is 9.24. The molecule has 4 heteroatoms. The first-order valence-electron chi connectivity index (χ1n) is 4.01. The van der Waals surface area contributed by atoms with Gasteiger partial charge in [-0.25, -0.2) is 4.79 Å². The molecule has 0 radical (unpaired) electrons. The number of aryl methyl sites for hydroxylation is 1. The van der Waals surface area contributed by atoms with Crippen LogP contribution in [0, 0.1) is 3.57 Å². The number of hydrogen-bond donors (Lipinski definition) is 0. The Balaban J connectivity index is 2.89. The fourth-order valence-corrected chi connectivity index (χ4v) is 1.81. The molecule has 0 amide bonds. The summed E-state index contributed by atoms with van der Waals surface area (Å²) in [7, 11) is 0. The molecule has 0 atom stereocenters. The number of benzene rings is 1. The van der Waals surface area contributed by atoms with E-state index in [1.165, 1.54) is 0 Å². The van der Waals surface area contributed by atoms with E-state index < -0.39 is 0 Å². The van der Waals surface area contributed by atoms with Gasteiger partial charge >= 0.3 is 5.76 Å². The first kappa shape index (κ1) is 8.80. The van der Waals surface area contributed by atoms with Crippen LogP contribution in [0.1, 0.15) is 6.92 Å². The number of oxazole rings is 1. The van der Waals surface area contributed by atoms with Crippen molar-refractivity contribution in [1.82, 2.24) is 4.57 Å². The highest BCUT2D eigenvalue weighted by molar-refractivity contribution is 14.1. The normalized spacial score (nSPS) is 10.9. The van der Waals surface area contributed by atoms with Crippen molar-refractivity contribution in [3.8, 4) is 0 Å². The topological polar surface area (TPSA) is 35.1 Å². The van der Waals surface area contributed by atoms with Gasteiger partial charge in [-0.2, -0.15) is 0 Å². The van der Waals surface area contributed by atoms with Crippen LogP contribution in [0.25, 0.3) is 11.1 Å². The highest BCUT2D eigenvalue weighted by atomic mass is 127. The van der Waals surface area contributed by atoms with E-state index in [0.717, 1.165) is 9.09 Å². The van der Waals surface area contributed by atoms with Crippen molar-refractivity contribution >= 4 is 33.7 Å². The minimum Gasteiger partial charge on any atom is -0.408 e. The Hall–Kier alpha value is -0.780. The highest BCUT2D eigenvalue weighted by Gasteiger charge is 2.06. The third-order valence-corrected chi connectivity index (χ3v) is 2.62. The van der Waals surface area contributed by atoms with E-state index in [9.17, 15) is 4.79 Å². The Bertz CT molecular complexity index is 498. The summed E-state index contributed by atoms with van der Waals surface area (Å²) in [4.78, 5) is 11.3. The first-order valence-corrected chi connectivity index (χ1v) is 5.09. The molecule has 0 aliphatic heterocycles. The van der Waals surface area contributed by atoms with Crippen LogP contribution in [-0.2, 0) is 6.54 Å². The van der Waals surface area contributed by atoms with E-state index in [-0.39, 0.29) is 5.76 Å². The predicted octanol–water partition coefficient (Wildman–Crippen LogP) is 2.22. The van der Waals surface area contributed by atoms with Gasteiger partial charge in [0, 0.05) is 10.1 Å². The maximum Gasteiger partial charge on any atom is 0.419 e. The van der Waals surface area contributed by atoms with Gasteiger partial charge in [-0.1, -0.05) is 0 Å². The van der Waals surface area contributed by atoms with Crippen molar-refractivity contribution in [2.75, 3.05) is 0 Å². The number of rotatable bonds is 1. The molecular formula is C9H8INO2. The molecule has 0 N–H and O–H groups in total. The summed E-state index contributed by atoms with van der Waals surface area (Å²) in [6.45, 7) is 2.57. The zero-order chi connectivity index (χ0) is 9.42. The molecule has 1 heterocycles. The van der Waals surface area contributed by atoms with E-state index >= 15 is 0 Å². The van der Waals surface area contributed by atoms with Crippen LogP contribution in [0.2, 0.25) is 0 Å². The molecule has 1 aromatic carbocycles. The highest BCUT2D eigenvalue weighted by Crippen LogP contribution is 2.15. The molecule has 68 valence electrons. The lowest BCUT2D eigenvalue weighted by Gasteiger charge is -1.95. The average Bonchev–Trinajstić information content (AvgIpc) is 2.40. The van der Waals surface area contributed by atoms with Crippen molar-refractivity contribution in [2.24, 2.45) is 0 Å². The van der Waals surface area contributed by atoms with Gasteiger partial charge in [0.2, 0.25) is 0 Å². The van der Waals surface area contributed by atoms with Crippen molar-refractivity contribution in [3.63, 3.8) is 0 Å². The van der Waals surface area contributed by atoms with Gasteiger partial charge in [-0.15, -0.1) is 0 Å². The van der Waals surface area contributed by atoms with Gasteiger partial charge in [-0.3, -0.25) is 4.57 Å². The molecular weight excluding hydrogens is 281 g/mol. The van der Waals surface area contributed by atoms with Crippen molar-refractivity contribution in [3.05, 3.63) is 32.3 Å². The predicted molar refractivity (Wildman–Crippen MR) is 58.9 cm³/mol. The largest absolute Gasteiger partial charge is 0.419 e. The Morgan fingerprint density at radius 1 is 1.54 bits per heavy atom. The number of halogens is 1. The molecule has 0 saturated heterocycles. The molecule has 0 fully saturated rings. The van der Waals surface area contributed by atoms with Crippen LogP contribution in [0.4, 0.5) is 0 Å². The van der Waals surface area contributed by atoms with Gasteiger partial charge in [0.25, 0.3) is 0 Å². The minimum absolute atomic E-state index is 0.278. The van der Waals surface area contributed by atoms with E-state index in [1.807, 2.05) is 25.1 Å². The Labute approximate surface area is 88.5 Å². The molecule has 0 saturated carbocycles. The van der Waals surface area contributed by atoms with Crippen molar-refractivity contribution in [1.29, 1.82) is 0 Å². The monoisotopic (exact) mass is 289 g/mol. The van der Waals surface area contributed by atoms with Gasteiger partial charge in [-0.05, 0) is 47.7 Å². The molecule has 2 rings (SSSR count). The lowest BCUT2D eigenvalue weighted by atomic mass is 10.3. The fourth-order valence-electron chi connectivity index (χ4n) is 1.33. The van der Waals surface area contributed by atoms with Crippen LogP contribution in [0.3, 0.4) is 0 Å². The maximum absolute atomic E-state index is 11.3. The van der Waals surface area contributed by atoms with Gasteiger partial charge in [0.15, 0.2) is 5.58 Å². The summed E-state index contributed by atoms with van der Waals surface area (Å²) >= 11 is 2.21. The van der Waals surface area contributed by atoms with Gasteiger partial charge in [0.05, 0.1) is 5.52 Å². The van der Waals surface area contributed by atoms with Crippen LogP contribution in [0.15, 0.2) is 27.4 Å². The summed E-state index contributed by atoms with van der Waals surface area (Å²) in [5.41, 5.74) is 1.53. The summed E-state index contributed by atoms with van der Waals surface area (Å²) in [5, 5.41) is 0. The molecule has 0 spiro atoms. The molecule has 3 nitrogen and oxygen atoms in total. The smallest absolute Gasteiger partial charge is 0.408 e. The van der Waals surface area contributed by atoms with Crippen LogP contribution >= 0.6 is 22.6 Å². The molecule has 13 heavy (non-hydrogen) atoms. The van der Waals surface area contributed by atoms with Gasteiger partial charge < -0.3 is 4.42 Å². The van der Waals surface area contributed by atoms with Crippen molar-refractivity contribution < 1.29 is 4.42 Å². The molecule has 2 aromatic rings. The van der Waals surface area contributed by atoms with Crippen molar-refractivity contribution in [2.45, 2.75) is 13.5 Å². The quantitative estimate of drug-likeness (QED) is 0.755. The fraction of sp³-hybridized carbons (Fsp3) is 0.222. The van der Waals surface area contributed by atoms with E-state index in [0.29, 0.717) is 12.1 Å². The van der Waals surface area contributed by atoms with E-state index in [4.69, 9.17) is 4.42 Å². The lowest BCUT2D eigenvalue weighted by molar-refractivity contribution is 0.513. The second-order valence-electron chi connectivity index (χ2n) is 2.72. The SMILES string of the molecule is CCn1c(=O)oc2ccc(I)cc21.